The molecule has 2 atom stereocenters. The molecular formula is C17H25F4NO3S. The molecule has 0 aromatic carbocycles. The molecular weight excluding hydrogens is 374 g/mol. The second-order valence-electron chi connectivity index (χ2n) is 6.27. The quantitative estimate of drug-likeness (QED) is 0.500. The number of alkyl halides is 4. The van der Waals surface area contributed by atoms with Crippen molar-refractivity contribution in [3.05, 3.63) is 24.3 Å². The predicted molar refractivity (Wildman–Crippen MR) is 92.7 cm³/mol. The van der Waals surface area contributed by atoms with Crippen LogP contribution in [0.1, 0.15) is 12.8 Å². The highest BCUT2D eigenvalue weighted by molar-refractivity contribution is 7.99. The molecule has 2 fully saturated rings. The molecule has 0 spiro atoms. The van der Waals surface area contributed by atoms with Gasteiger partial charge in [-0.05, 0) is 31.1 Å². The van der Waals surface area contributed by atoms with E-state index in [0.717, 1.165) is 6.42 Å². The van der Waals surface area contributed by atoms with Crippen LogP contribution in [0, 0.1) is 5.92 Å². The first kappa shape index (κ1) is 21.7. The summed E-state index contributed by atoms with van der Waals surface area (Å²) in [5.74, 6) is -3.88. The maximum Gasteiger partial charge on any atom is 0.330 e. The van der Waals surface area contributed by atoms with Crippen molar-refractivity contribution in [1.29, 1.82) is 0 Å². The highest BCUT2D eigenvalue weighted by atomic mass is 32.2. The van der Waals surface area contributed by atoms with E-state index in [1.807, 2.05) is 30.6 Å². The molecule has 2 unspecified atom stereocenters. The monoisotopic (exact) mass is 399 g/mol. The Balaban J connectivity index is 1.62. The summed E-state index contributed by atoms with van der Waals surface area (Å²) in [5.41, 5.74) is 0. The number of ether oxygens (including phenoxy) is 3. The number of thioether (sulfide) groups is 1. The van der Waals surface area contributed by atoms with E-state index in [2.05, 4.69) is 5.32 Å². The molecule has 2 heterocycles. The van der Waals surface area contributed by atoms with Gasteiger partial charge in [0.05, 0.1) is 18.5 Å². The van der Waals surface area contributed by atoms with Crippen molar-refractivity contribution in [3.63, 3.8) is 0 Å². The molecule has 1 N–H and O–H groups in total. The van der Waals surface area contributed by atoms with Gasteiger partial charge in [-0.3, -0.25) is 5.32 Å². The maximum atomic E-state index is 12.8. The van der Waals surface area contributed by atoms with Crippen molar-refractivity contribution >= 4 is 11.8 Å². The van der Waals surface area contributed by atoms with Crippen LogP contribution in [-0.4, -0.2) is 62.7 Å². The fourth-order valence-corrected chi connectivity index (χ4v) is 2.99. The van der Waals surface area contributed by atoms with Crippen LogP contribution >= 0.6 is 11.8 Å². The highest BCUT2D eigenvalue weighted by Gasteiger charge is 2.41. The Morgan fingerprint density at radius 1 is 1.19 bits per heavy atom. The van der Waals surface area contributed by atoms with E-state index in [4.69, 9.17) is 14.2 Å². The first-order valence-corrected chi connectivity index (χ1v) is 9.81. The lowest BCUT2D eigenvalue weighted by Gasteiger charge is -2.29. The van der Waals surface area contributed by atoms with Gasteiger partial charge in [0.15, 0.2) is 6.29 Å². The average molecular weight is 399 g/mol. The molecule has 9 heteroatoms. The first-order chi connectivity index (χ1) is 12.4. The van der Waals surface area contributed by atoms with Crippen molar-refractivity contribution in [2.45, 2.75) is 43.0 Å². The van der Waals surface area contributed by atoms with Gasteiger partial charge >= 0.3 is 12.3 Å². The summed E-state index contributed by atoms with van der Waals surface area (Å²) < 4.78 is 65.8. The molecule has 2 rings (SSSR count). The van der Waals surface area contributed by atoms with E-state index in [1.54, 1.807) is 11.8 Å². The van der Waals surface area contributed by atoms with Gasteiger partial charge in [-0.25, -0.2) is 8.78 Å². The lowest BCUT2D eigenvalue weighted by Crippen LogP contribution is -2.43. The summed E-state index contributed by atoms with van der Waals surface area (Å²) in [6.45, 7) is 0.600. The Morgan fingerprint density at radius 3 is 2.46 bits per heavy atom. The lowest BCUT2D eigenvalue weighted by atomic mass is 9.98. The molecule has 0 aromatic rings. The standard InChI is InChI=1S/C17H25F4NO3S/c1-26-13-9-23-15(24-10-13)5-3-2-4-12-6-7-14(22-8-12)25-11-17(20,21)16(18)19/h2-5,12-16,22H,6-11H2,1H3/b4-2+,5-3+. The molecule has 0 bridgehead atoms. The van der Waals surface area contributed by atoms with E-state index in [1.165, 1.54) is 0 Å². The number of halogens is 4. The van der Waals surface area contributed by atoms with Crippen LogP contribution in [0.3, 0.4) is 0 Å². The van der Waals surface area contributed by atoms with Crippen LogP contribution in [0.4, 0.5) is 17.6 Å². The molecule has 2 aliphatic rings. The van der Waals surface area contributed by atoms with Crippen LogP contribution in [0.5, 0.6) is 0 Å². The zero-order chi connectivity index (χ0) is 19.0. The second-order valence-corrected chi connectivity index (χ2v) is 7.41. The molecule has 2 saturated heterocycles. The normalized spacial score (nSPS) is 31.3. The smallest absolute Gasteiger partial charge is 0.330 e. The van der Waals surface area contributed by atoms with Crippen LogP contribution in [-0.2, 0) is 14.2 Å². The highest BCUT2D eigenvalue weighted by Crippen LogP contribution is 2.25. The fraction of sp³-hybridized carbons (Fsp3) is 0.765. The van der Waals surface area contributed by atoms with Gasteiger partial charge in [-0.2, -0.15) is 20.5 Å². The summed E-state index contributed by atoms with van der Waals surface area (Å²) in [7, 11) is 0. The Bertz CT molecular complexity index is 463. The molecule has 0 amide bonds. The van der Waals surface area contributed by atoms with Gasteiger partial charge in [0.25, 0.3) is 0 Å². The zero-order valence-corrected chi connectivity index (χ0v) is 15.4. The minimum atomic E-state index is -4.11. The largest absolute Gasteiger partial charge is 0.357 e. The van der Waals surface area contributed by atoms with Gasteiger partial charge in [0.2, 0.25) is 0 Å². The number of piperidine rings is 1. The molecule has 0 saturated carbocycles. The fourth-order valence-electron chi connectivity index (χ4n) is 2.56. The second kappa shape index (κ2) is 10.7. The third-order valence-electron chi connectivity index (χ3n) is 4.19. The number of rotatable bonds is 8. The van der Waals surface area contributed by atoms with E-state index < -0.39 is 25.2 Å². The van der Waals surface area contributed by atoms with E-state index in [-0.39, 0.29) is 12.2 Å². The van der Waals surface area contributed by atoms with Gasteiger partial charge in [-0.15, -0.1) is 0 Å². The van der Waals surface area contributed by atoms with Crippen LogP contribution in [0.25, 0.3) is 0 Å². The number of hydrogen-bond donors (Lipinski definition) is 1. The number of hydrogen-bond acceptors (Lipinski definition) is 5. The van der Waals surface area contributed by atoms with E-state index in [9.17, 15) is 17.6 Å². The Hall–Kier alpha value is -0.610. The van der Waals surface area contributed by atoms with Gasteiger partial charge < -0.3 is 14.2 Å². The van der Waals surface area contributed by atoms with E-state index in [0.29, 0.717) is 31.4 Å². The Morgan fingerprint density at radius 2 is 1.88 bits per heavy atom. The molecule has 4 nitrogen and oxygen atoms in total. The summed E-state index contributed by atoms with van der Waals surface area (Å²) in [4.78, 5) is 0. The van der Waals surface area contributed by atoms with Crippen LogP contribution in [0.15, 0.2) is 24.3 Å². The van der Waals surface area contributed by atoms with Gasteiger partial charge in [0.1, 0.15) is 12.8 Å². The summed E-state index contributed by atoms with van der Waals surface area (Å²) in [6.07, 6.45) is 6.17. The van der Waals surface area contributed by atoms with Gasteiger partial charge in [0, 0.05) is 6.54 Å². The van der Waals surface area contributed by atoms with Crippen molar-refractivity contribution in [1.82, 2.24) is 5.32 Å². The molecule has 150 valence electrons. The maximum absolute atomic E-state index is 12.8. The van der Waals surface area contributed by atoms with Crippen molar-refractivity contribution < 1.29 is 31.8 Å². The molecule has 0 aliphatic carbocycles. The average Bonchev–Trinajstić information content (AvgIpc) is 2.65. The lowest BCUT2D eigenvalue weighted by molar-refractivity contribution is -0.181. The third-order valence-corrected chi connectivity index (χ3v) is 5.13. The zero-order valence-electron chi connectivity index (χ0n) is 14.6. The Kier molecular flexibility index (Phi) is 8.89. The molecule has 26 heavy (non-hydrogen) atoms. The summed E-state index contributed by atoms with van der Waals surface area (Å²) in [5, 5.41) is 3.33. The number of nitrogens with one attached hydrogen (secondary N) is 1. The number of allylic oxidation sites excluding steroid dienone is 2. The summed E-state index contributed by atoms with van der Waals surface area (Å²) >= 11 is 1.72. The third kappa shape index (κ3) is 7.19. The van der Waals surface area contributed by atoms with Crippen molar-refractivity contribution in [3.8, 4) is 0 Å². The van der Waals surface area contributed by atoms with Crippen LogP contribution < -0.4 is 5.32 Å². The molecule has 2 aliphatic heterocycles. The van der Waals surface area contributed by atoms with Crippen molar-refractivity contribution in [2.75, 3.05) is 32.6 Å². The Labute approximate surface area is 155 Å². The first-order valence-electron chi connectivity index (χ1n) is 8.52. The summed E-state index contributed by atoms with van der Waals surface area (Å²) in [6, 6.07) is 0. The predicted octanol–water partition coefficient (Wildman–Crippen LogP) is 3.45. The topological polar surface area (TPSA) is 39.7 Å². The molecule has 0 aromatic heterocycles. The van der Waals surface area contributed by atoms with Crippen LogP contribution in [0.2, 0.25) is 0 Å². The van der Waals surface area contributed by atoms with E-state index >= 15 is 0 Å². The SMILES string of the molecule is CSC1COC(/C=C/C=C/C2CCC(OCC(F)(F)C(F)F)NC2)OC1. The molecule has 0 radical (unpaired) electrons. The minimum absolute atomic E-state index is 0.226. The van der Waals surface area contributed by atoms with Crippen molar-refractivity contribution in [2.24, 2.45) is 5.92 Å². The van der Waals surface area contributed by atoms with Gasteiger partial charge in [-0.1, -0.05) is 18.2 Å². The minimum Gasteiger partial charge on any atom is -0.357 e.